The molecule has 0 radical (unpaired) electrons. The highest BCUT2D eigenvalue weighted by Gasteiger charge is 2.08. The van der Waals surface area contributed by atoms with Crippen LogP contribution in [0.3, 0.4) is 0 Å². The molecule has 0 saturated heterocycles. The average Bonchev–Trinajstić information content (AvgIpc) is 3.21. The van der Waals surface area contributed by atoms with Gasteiger partial charge in [-0.1, -0.05) is 11.6 Å². The molecule has 0 bridgehead atoms. The smallest absolute Gasteiger partial charge is 0.253 e. The second-order valence-electron chi connectivity index (χ2n) is 6.53. The standard InChI is InChI=1S/C22H19N3O2/c1-15-4-9-20-17(12-15)13-18(22(27)24-20)14-23-21(26)16-5-7-19(8-6-16)25-10-2-3-11-25/h2-13H,14H2,1H3,(H,23,26)(H,24,27). The number of nitrogens with zero attached hydrogens (tertiary/aromatic N) is 1. The number of amides is 1. The molecule has 5 heteroatoms. The number of carbonyl (C=O) groups is 1. The van der Waals surface area contributed by atoms with Gasteiger partial charge in [0.1, 0.15) is 0 Å². The summed E-state index contributed by atoms with van der Waals surface area (Å²) in [5.41, 5.74) is 3.80. The van der Waals surface area contributed by atoms with Crippen LogP contribution in [0.2, 0.25) is 0 Å². The number of rotatable bonds is 4. The van der Waals surface area contributed by atoms with E-state index in [1.165, 1.54) is 0 Å². The predicted octanol–water partition coefficient (Wildman–Crippen LogP) is 3.56. The van der Waals surface area contributed by atoms with Crippen LogP contribution in [0.25, 0.3) is 16.6 Å². The molecule has 4 rings (SSSR count). The summed E-state index contributed by atoms with van der Waals surface area (Å²) in [6.07, 6.45) is 3.89. The molecular weight excluding hydrogens is 338 g/mol. The third-order valence-electron chi connectivity index (χ3n) is 4.55. The Bertz CT molecular complexity index is 1160. The van der Waals surface area contributed by atoms with Gasteiger partial charge in [-0.2, -0.15) is 0 Å². The van der Waals surface area contributed by atoms with E-state index in [0.29, 0.717) is 11.1 Å². The number of aromatic nitrogens is 2. The van der Waals surface area contributed by atoms with Crippen molar-refractivity contribution >= 4 is 16.8 Å². The Morgan fingerprint density at radius 1 is 1.04 bits per heavy atom. The predicted molar refractivity (Wildman–Crippen MR) is 106 cm³/mol. The first-order valence-corrected chi connectivity index (χ1v) is 8.74. The van der Waals surface area contributed by atoms with Crippen molar-refractivity contribution in [3.63, 3.8) is 0 Å². The van der Waals surface area contributed by atoms with E-state index in [1.807, 2.05) is 72.4 Å². The number of nitrogens with one attached hydrogen (secondary N) is 2. The molecule has 1 amide bonds. The van der Waals surface area contributed by atoms with Crippen molar-refractivity contribution in [2.75, 3.05) is 0 Å². The topological polar surface area (TPSA) is 66.9 Å². The first-order chi connectivity index (χ1) is 13.1. The number of aromatic amines is 1. The van der Waals surface area contributed by atoms with Crippen molar-refractivity contribution in [3.8, 4) is 5.69 Å². The van der Waals surface area contributed by atoms with E-state index in [2.05, 4.69) is 10.3 Å². The van der Waals surface area contributed by atoms with Crippen molar-refractivity contribution in [2.24, 2.45) is 0 Å². The third-order valence-corrected chi connectivity index (χ3v) is 4.55. The van der Waals surface area contributed by atoms with Gasteiger partial charge in [0.2, 0.25) is 0 Å². The lowest BCUT2D eigenvalue weighted by atomic mass is 10.1. The molecule has 2 aromatic heterocycles. The minimum Gasteiger partial charge on any atom is -0.348 e. The zero-order valence-electron chi connectivity index (χ0n) is 14.9. The summed E-state index contributed by atoms with van der Waals surface area (Å²) in [6, 6.07) is 18.9. The average molecular weight is 357 g/mol. The quantitative estimate of drug-likeness (QED) is 0.586. The Morgan fingerprint density at radius 2 is 1.78 bits per heavy atom. The zero-order chi connectivity index (χ0) is 18.8. The van der Waals surface area contributed by atoms with Gasteiger partial charge in [0.05, 0.1) is 0 Å². The fraction of sp³-hybridized carbons (Fsp3) is 0.0909. The highest BCUT2D eigenvalue weighted by molar-refractivity contribution is 5.94. The van der Waals surface area contributed by atoms with Crippen molar-refractivity contribution in [3.05, 3.63) is 100 Å². The van der Waals surface area contributed by atoms with Crippen LogP contribution in [0.4, 0.5) is 0 Å². The molecule has 0 unspecified atom stereocenters. The number of hydrogen-bond donors (Lipinski definition) is 2. The number of aryl methyl sites for hydroxylation is 1. The van der Waals surface area contributed by atoms with Gasteiger partial charge in [-0.05, 0) is 66.9 Å². The zero-order valence-corrected chi connectivity index (χ0v) is 14.9. The van der Waals surface area contributed by atoms with E-state index in [-0.39, 0.29) is 18.0 Å². The number of carbonyl (C=O) groups excluding carboxylic acids is 1. The van der Waals surface area contributed by atoms with Crippen molar-refractivity contribution in [1.82, 2.24) is 14.9 Å². The maximum atomic E-state index is 12.4. The second kappa shape index (κ2) is 6.96. The maximum Gasteiger partial charge on any atom is 0.253 e. The molecular formula is C22H19N3O2. The van der Waals surface area contributed by atoms with E-state index < -0.39 is 0 Å². The summed E-state index contributed by atoms with van der Waals surface area (Å²) < 4.78 is 1.97. The summed E-state index contributed by atoms with van der Waals surface area (Å²) >= 11 is 0. The molecule has 2 N–H and O–H groups in total. The maximum absolute atomic E-state index is 12.4. The summed E-state index contributed by atoms with van der Waals surface area (Å²) in [4.78, 5) is 27.5. The molecule has 2 heterocycles. The van der Waals surface area contributed by atoms with Crippen LogP contribution < -0.4 is 10.9 Å². The van der Waals surface area contributed by atoms with E-state index in [0.717, 1.165) is 22.2 Å². The number of pyridine rings is 1. The second-order valence-corrected chi connectivity index (χ2v) is 6.53. The summed E-state index contributed by atoms with van der Waals surface area (Å²) in [6.45, 7) is 2.18. The molecule has 4 aromatic rings. The molecule has 0 atom stereocenters. The number of hydrogen-bond acceptors (Lipinski definition) is 2. The summed E-state index contributed by atoms with van der Waals surface area (Å²) in [5.74, 6) is -0.210. The third kappa shape index (κ3) is 3.53. The molecule has 0 aliphatic carbocycles. The molecule has 0 aliphatic rings. The first-order valence-electron chi connectivity index (χ1n) is 8.74. The fourth-order valence-electron chi connectivity index (χ4n) is 3.07. The Balaban J connectivity index is 1.50. The normalized spacial score (nSPS) is 10.9. The van der Waals surface area contributed by atoms with E-state index >= 15 is 0 Å². The van der Waals surface area contributed by atoms with Crippen molar-refractivity contribution < 1.29 is 4.79 Å². The fourth-order valence-corrected chi connectivity index (χ4v) is 3.07. The van der Waals surface area contributed by atoms with Crippen LogP contribution >= 0.6 is 0 Å². The van der Waals surface area contributed by atoms with Gasteiger partial charge in [-0.3, -0.25) is 9.59 Å². The largest absolute Gasteiger partial charge is 0.348 e. The van der Waals surface area contributed by atoms with Gasteiger partial charge >= 0.3 is 0 Å². The SMILES string of the molecule is Cc1ccc2[nH]c(=O)c(CNC(=O)c3ccc(-n4cccc4)cc3)cc2c1. The van der Waals surface area contributed by atoms with E-state index in [1.54, 1.807) is 12.1 Å². The van der Waals surface area contributed by atoms with Gasteiger partial charge in [0.15, 0.2) is 0 Å². The molecule has 5 nitrogen and oxygen atoms in total. The Hall–Kier alpha value is -3.60. The highest BCUT2D eigenvalue weighted by Crippen LogP contribution is 2.14. The van der Waals surface area contributed by atoms with E-state index in [9.17, 15) is 9.59 Å². The monoisotopic (exact) mass is 357 g/mol. The molecule has 27 heavy (non-hydrogen) atoms. The van der Waals surface area contributed by atoms with Gasteiger partial charge in [0.25, 0.3) is 11.5 Å². The summed E-state index contributed by atoms with van der Waals surface area (Å²) in [7, 11) is 0. The molecule has 0 fully saturated rings. The molecule has 0 spiro atoms. The van der Waals surface area contributed by atoms with Crippen molar-refractivity contribution in [2.45, 2.75) is 13.5 Å². The van der Waals surface area contributed by atoms with E-state index in [4.69, 9.17) is 0 Å². The number of H-pyrrole nitrogens is 1. The van der Waals surface area contributed by atoms with Gasteiger partial charge in [-0.25, -0.2) is 0 Å². The number of benzene rings is 2. The van der Waals surface area contributed by atoms with Crippen LogP contribution in [0.15, 0.2) is 77.9 Å². The molecule has 0 aliphatic heterocycles. The molecule has 2 aromatic carbocycles. The Kier molecular flexibility index (Phi) is 4.34. The Labute approximate surface area is 156 Å². The Morgan fingerprint density at radius 3 is 2.52 bits per heavy atom. The highest BCUT2D eigenvalue weighted by atomic mass is 16.1. The van der Waals surface area contributed by atoms with Gasteiger partial charge in [-0.15, -0.1) is 0 Å². The van der Waals surface area contributed by atoms with Gasteiger partial charge in [0, 0.05) is 41.3 Å². The van der Waals surface area contributed by atoms with Gasteiger partial charge < -0.3 is 14.9 Å². The number of fused-ring (bicyclic) bond motifs is 1. The van der Waals surface area contributed by atoms with Crippen molar-refractivity contribution in [1.29, 1.82) is 0 Å². The summed E-state index contributed by atoms with van der Waals surface area (Å²) in [5, 5.41) is 3.78. The van der Waals surface area contributed by atoms with Crippen LogP contribution in [-0.4, -0.2) is 15.5 Å². The lowest BCUT2D eigenvalue weighted by molar-refractivity contribution is 0.0951. The van der Waals surface area contributed by atoms with Crippen LogP contribution in [0.1, 0.15) is 21.5 Å². The lowest BCUT2D eigenvalue weighted by Gasteiger charge is -2.08. The minimum absolute atomic E-state index is 0.178. The minimum atomic E-state index is -0.210. The lowest BCUT2D eigenvalue weighted by Crippen LogP contribution is -2.26. The first kappa shape index (κ1) is 16.8. The van der Waals surface area contributed by atoms with Crippen LogP contribution in [0, 0.1) is 6.92 Å². The molecule has 134 valence electrons. The van der Waals surface area contributed by atoms with Crippen LogP contribution in [0.5, 0.6) is 0 Å². The van der Waals surface area contributed by atoms with Crippen LogP contribution in [-0.2, 0) is 6.54 Å². The molecule has 0 saturated carbocycles.